The maximum Gasteiger partial charge on any atom is 0.329 e. The number of aromatic hydroxyl groups is 1. The molecule has 2 aromatic rings. The standard InChI is InChI=1S/C19H21N3O4/c1-3-26-17-11-14(9-10-16(17)23)12-20-22-19(25)18(24)21-13(2)15-7-5-4-6-8-15/h4-13,23H,3H2,1-2H3,(H,21,24)(H,22,25)/b20-12-/t13-/m1/s1. The quantitative estimate of drug-likeness (QED) is 0.420. The molecule has 0 unspecified atom stereocenters. The average Bonchev–Trinajstić information content (AvgIpc) is 2.65. The fourth-order valence-electron chi connectivity index (χ4n) is 2.19. The van der Waals surface area contributed by atoms with Gasteiger partial charge in [-0.15, -0.1) is 0 Å². The monoisotopic (exact) mass is 355 g/mol. The number of benzene rings is 2. The lowest BCUT2D eigenvalue weighted by molar-refractivity contribution is -0.139. The number of hydrazone groups is 1. The van der Waals surface area contributed by atoms with E-state index in [1.165, 1.54) is 12.3 Å². The molecule has 136 valence electrons. The maximum atomic E-state index is 11.9. The number of phenolic OH excluding ortho intramolecular Hbond substituents is 1. The van der Waals surface area contributed by atoms with Crippen molar-refractivity contribution < 1.29 is 19.4 Å². The van der Waals surface area contributed by atoms with Crippen LogP contribution in [0, 0.1) is 0 Å². The molecule has 0 aliphatic carbocycles. The van der Waals surface area contributed by atoms with Crippen molar-refractivity contribution in [1.29, 1.82) is 0 Å². The van der Waals surface area contributed by atoms with Crippen molar-refractivity contribution in [3.63, 3.8) is 0 Å². The number of nitrogens with one attached hydrogen (secondary N) is 2. The van der Waals surface area contributed by atoms with Gasteiger partial charge in [0.25, 0.3) is 0 Å². The van der Waals surface area contributed by atoms with Gasteiger partial charge in [-0.25, -0.2) is 5.43 Å². The number of amides is 2. The molecule has 0 aromatic heterocycles. The predicted octanol–water partition coefficient (Wildman–Crippen LogP) is 2.12. The van der Waals surface area contributed by atoms with Crippen LogP contribution in [0.2, 0.25) is 0 Å². The number of carbonyl (C=O) groups is 2. The van der Waals surface area contributed by atoms with Gasteiger partial charge in [-0.05, 0) is 43.2 Å². The fourth-order valence-corrected chi connectivity index (χ4v) is 2.19. The van der Waals surface area contributed by atoms with E-state index in [0.29, 0.717) is 17.9 Å². The number of ether oxygens (including phenoxy) is 1. The second-order valence-electron chi connectivity index (χ2n) is 5.47. The Morgan fingerprint density at radius 3 is 2.62 bits per heavy atom. The van der Waals surface area contributed by atoms with Gasteiger partial charge < -0.3 is 15.2 Å². The van der Waals surface area contributed by atoms with E-state index in [-0.39, 0.29) is 11.8 Å². The van der Waals surface area contributed by atoms with Crippen molar-refractivity contribution in [2.45, 2.75) is 19.9 Å². The van der Waals surface area contributed by atoms with E-state index in [0.717, 1.165) is 5.56 Å². The van der Waals surface area contributed by atoms with Crippen molar-refractivity contribution in [3.05, 3.63) is 59.7 Å². The van der Waals surface area contributed by atoms with Crippen LogP contribution in [0.3, 0.4) is 0 Å². The molecule has 26 heavy (non-hydrogen) atoms. The molecule has 2 amide bonds. The minimum atomic E-state index is -0.868. The smallest absolute Gasteiger partial charge is 0.329 e. The van der Waals surface area contributed by atoms with E-state index in [9.17, 15) is 14.7 Å². The molecule has 0 spiro atoms. The Morgan fingerprint density at radius 1 is 1.19 bits per heavy atom. The van der Waals surface area contributed by atoms with E-state index in [4.69, 9.17) is 4.74 Å². The molecule has 3 N–H and O–H groups in total. The molecular weight excluding hydrogens is 334 g/mol. The summed E-state index contributed by atoms with van der Waals surface area (Å²) in [7, 11) is 0. The number of phenols is 1. The molecule has 0 saturated heterocycles. The van der Waals surface area contributed by atoms with Crippen LogP contribution in [0.25, 0.3) is 0 Å². The van der Waals surface area contributed by atoms with Gasteiger partial charge in [-0.3, -0.25) is 9.59 Å². The third-order valence-electron chi connectivity index (χ3n) is 3.52. The summed E-state index contributed by atoms with van der Waals surface area (Å²) >= 11 is 0. The Morgan fingerprint density at radius 2 is 1.92 bits per heavy atom. The van der Waals surface area contributed by atoms with Crippen LogP contribution < -0.4 is 15.5 Å². The lowest BCUT2D eigenvalue weighted by atomic mass is 10.1. The number of rotatable bonds is 6. The molecule has 0 saturated carbocycles. The van der Waals surface area contributed by atoms with Crippen LogP contribution in [-0.4, -0.2) is 29.7 Å². The van der Waals surface area contributed by atoms with Gasteiger partial charge in [0.1, 0.15) is 0 Å². The van der Waals surface area contributed by atoms with Crippen molar-refractivity contribution in [1.82, 2.24) is 10.7 Å². The normalized spacial score (nSPS) is 11.8. The number of nitrogens with zero attached hydrogens (tertiary/aromatic N) is 1. The van der Waals surface area contributed by atoms with Gasteiger partial charge in [-0.1, -0.05) is 30.3 Å². The highest BCUT2D eigenvalue weighted by molar-refractivity contribution is 6.35. The SMILES string of the molecule is CCOc1cc(/C=N\NC(=O)C(=O)N[C@H](C)c2ccccc2)ccc1O. The molecule has 0 bridgehead atoms. The van der Waals surface area contributed by atoms with Crippen molar-refractivity contribution in [3.8, 4) is 11.5 Å². The Labute approximate surface area is 151 Å². The zero-order valence-electron chi connectivity index (χ0n) is 14.6. The van der Waals surface area contributed by atoms with Gasteiger partial charge >= 0.3 is 11.8 Å². The molecule has 1 atom stereocenters. The van der Waals surface area contributed by atoms with Crippen LogP contribution in [0.1, 0.15) is 31.0 Å². The second kappa shape index (κ2) is 9.22. The molecule has 0 aliphatic heterocycles. The summed E-state index contributed by atoms with van der Waals surface area (Å²) in [4.78, 5) is 23.7. The summed E-state index contributed by atoms with van der Waals surface area (Å²) in [5.41, 5.74) is 3.66. The molecule has 0 heterocycles. The summed E-state index contributed by atoms with van der Waals surface area (Å²) in [6.07, 6.45) is 1.35. The zero-order chi connectivity index (χ0) is 18.9. The highest BCUT2D eigenvalue weighted by Gasteiger charge is 2.16. The molecule has 2 rings (SSSR count). The third kappa shape index (κ3) is 5.34. The van der Waals surface area contributed by atoms with Crippen LogP contribution >= 0.6 is 0 Å². The van der Waals surface area contributed by atoms with Crippen molar-refractivity contribution >= 4 is 18.0 Å². The van der Waals surface area contributed by atoms with Crippen LogP contribution in [0.5, 0.6) is 11.5 Å². The average molecular weight is 355 g/mol. The van der Waals surface area contributed by atoms with Gasteiger partial charge in [0, 0.05) is 0 Å². The first-order chi connectivity index (χ1) is 12.5. The van der Waals surface area contributed by atoms with Gasteiger partial charge in [-0.2, -0.15) is 5.10 Å². The maximum absolute atomic E-state index is 11.9. The number of hydrogen-bond acceptors (Lipinski definition) is 5. The highest BCUT2D eigenvalue weighted by atomic mass is 16.5. The molecular formula is C19H21N3O4. The van der Waals surface area contributed by atoms with Gasteiger partial charge in [0.15, 0.2) is 11.5 Å². The van der Waals surface area contributed by atoms with E-state index >= 15 is 0 Å². The van der Waals surface area contributed by atoms with Gasteiger partial charge in [0.05, 0.1) is 18.9 Å². The largest absolute Gasteiger partial charge is 0.504 e. The first-order valence-electron chi connectivity index (χ1n) is 8.16. The summed E-state index contributed by atoms with van der Waals surface area (Å²) in [6, 6.07) is 13.7. The Bertz CT molecular complexity index is 791. The predicted molar refractivity (Wildman–Crippen MR) is 98.0 cm³/mol. The number of carbonyl (C=O) groups excluding carboxylic acids is 2. The first kappa shape index (κ1) is 19.0. The summed E-state index contributed by atoms with van der Waals surface area (Å²) in [6.45, 7) is 4.00. The summed E-state index contributed by atoms with van der Waals surface area (Å²) < 4.78 is 5.27. The lowest BCUT2D eigenvalue weighted by Crippen LogP contribution is -2.39. The molecule has 7 heteroatoms. The van der Waals surface area contributed by atoms with Gasteiger partial charge in [0.2, 0.25) is 0 Å². The number of hydrogen-bond donors (Lipinski definition) is 3. The Balaban J connectivity index is 1.90. The summed E-state index contributed by atoms with van der Waals surface area (Å²) in [5.74, 6) is -1.31. The van der Waals surface area contributed by atoms with E-state index in [1.807, 2.05) is 30.3 Å². The van der Waals surface area contributed by atoms with Crippen LogP contribution in [0.15, 0.2) is 53.6 Å². The fraction of sp³-hybridized carbons (Fsp3) is 0.211. The minimum Gasteiger partial charge on any atom is -0.504 e. The summed E-state index contributed by atoms with van der Waals surface area (Å²) in [5, 5.41) is 16.0. The minimum absolute atomic E-state index is 0.0160. The van der Waals surface area contributed by atoms with E-state index < -0.39 is 11.8 Å². The van der Waals surface area contributed by atoms with E-state index in [2.05, 4.69) is 15.8 Å². The van der Waals surface area contributed by atoms with Crippen molar-refractivity contribution in [2.75, 3.05) is 6.61 Å². The van der Waals surface area contributed by atoms with E-state index in [1.54, 1.807) is 26.0 Å². The zero-order valence-corrected chi connectivity index (χ0v) is 14.6. The molecule has 0 fully saturated rings. The van der Waals surface area contributed by atoms with Crippen LogP contribution in [-0.2, 0) is 9.59 Å². The van der Waals surface area contributed by atoms with Crippen molar-refractivity contribution in [2.24, 2.45) is 5.10 Å². The molecule has 2 aromatic carbocycles. The topological polar surface area (TPSA) is 100 Å². The first-order valence-corrected chi connectivity index (χ1v) is 8.16. The Kier molecular flexibility index (Phi) is 6.73. The second-order valence-corrected chi connectivity index (χ2v) is 5.47. The highest BCUT2D eigenvalue weighted by Crippen LogP contribution is 2.26. The Hall–Kier alpha value is -3.35. The van der Waals surface area contributed by atoms with Crippen LogP contribution in [0.4, 0.5) is 0 Å². The molecule has 7 nitrogen and oxygen atoms in total. The third-order valence-corrected chi connectivity index (χ3v) is 3.52. The molecule has 0 radical (unpaired) electrons. The molecule has 0 aliphatic rings. The lowest BCUT2D eigenvalue weighted by Gasteiger charge is -2.13.